The van der Waals surface area contributed by atoms with E-state index in [-0.39, 0.29) is 0 Å². The number of allylic oxidation sites excluding steroid dienone is 2. The molecule has 2 heteroatoms. The molecule has 0 aromatic heterocycles. The molecule has 0 aliphatic carbocycles. The molecule has 0 aromatic carbocycles. The zero-order valence-corrected chi connectivity index (χ0v) is 6.71. The van der Waals surface area contributed by atoms with E-state index in [0.29, 0.717) is 0 Å². The molecule has 60 valence electrons. The van der Waals surface area contributed by atoms with Gasteiger partial charge in [-0.05, 0) is 12.8 Å². The molecule has 0 amide bonds. The average molecular weight is 149 g/mol. The highest BCUT2D eigenvalue weighted by atomic mass is 14.9. The van der Waals surface area contributed by atoms with Crippen molar-refractivity contribution >= 4 is 5.71 Å². The molecule has 2 nitrogen and oxygen atoms in total. The minimum atomic E-state index is 1.03. The fourth-order valence-corrected chi connectivity index (χ4v) is 1.55. The minimum absolute atomic E-state index is 1.03. The van der Waals surface area contributed by atoms with Crippen LogP contribution in [-0.4, -0.2) is 18.8 Å². The largest absolute Gasteiger partial charge is 0.688 e. The molecule has 0 N–H and O–H groups in total. The molecule has 0 spiro atoms. The standard InChI is InChI=1S/C9H13N2/c1-3-8(10-5-1)7-9-4-2-6-11-9/h7H,1-6H2/q-1/b8-7+. The second kappa shape index (κ2) is 3.07. The second-order valence-electron chi connectivity index (χ2n) is 3.10. The maximum absolute atomic E-state index is 4.38. The molecule has 0 saturated carbocycles. The summed E-state index contributed by atoms with van der Waals surface area (Å²) < 4.78 is 0. The van der Waals surface area contributed by atoms with Gasteiger partial charge in [0.25, 0.3) is 0 Å². The molecule has 0 aromatic rings. The molecule has 0 atom stereocenters. The van der Waals surface area contributed by atoms with E-state index < -0.39 is 0 Å². The SMILES string of the molecule is C(/C1=NCCC1)=C1/CCC[N-]1. The molecular weight excluding hydrogens is 136 g/mol. The third kappa shape index (κ3) is 1.62. The molecular formula is C9H13N2-. The van der Waals surface area contributed by atoms with E-state index in [1.54, 1.807) is 0 Å². The third-order valence-corrected chi connectivity index (χ3v) is 2.15. The number of nitrogens with zero attached hydrogens (tertiary/aromatic N) is 2. The lowest BCUT2D eigenvalue weighted by Crippen LogP contribution is -1.87. The van der Waals surface area contributed by atoms with Crippen LogP contribution in [0, 0.1) is 0 Å². The summed E-state index contributed by atoms with van der Waals surface area (Å²) in [7, 11) is 0. The molecule has 11 heavy (non-hydrogen) atoms. The summed E-state index contributed by atoms with van der Waals surface area (Å²) >= 11 is 0. The second-order valence-corrected chi connectivity index (χ2v) is 3.10. The van der Waals surface area contributed by atoms with Crippen molar-refractivity contribution in [2.75, 3.05) is 13.1 Å². The zero-order chi connectivity index (χ0) is 7.52. The normalized spacial score (nSPS) is 27.3. The number of aliphatic imine (C=N–C) groups is 1. The maximum atomic E-state index is 4.38. The van der Waals surface area contributed by atoms with Crippen molar-refractivity contribution < 1.29 is 0 Å². The van der Waals surface area contributed by atoms with Gasteiger partial charge in [0.05, 0.1) is 0 Å². The molecule has 0 radical (unpaired) electrons. The molecule has 1 fully saturated rings. The highest BCUT2D eigenvalue weighted by molar-refractivity contribution is 5.96. The van der Waals surface area contributed by atoms with Crippen LogP contribution in [0.25, 0.3) is 5.32 Å². The predicted octanol–water partition coefficient (Wildman–Crippen LogP) is 2.27. The van der Waals surface area contributed by atoms with E-state index in [1.807, 2.05) is 0 Å². The van der Waals surface area contributed by atoms with Gasteiger partial charge in [0.1, 0.15) is 0 Å². The van der Waals surface area contributed by atoms with Gasteiger partial charge in [-0.25, -0.2) is 0 Å². The van der Waals surface area contributed by atoms with Crippen LogP contribution in [-0.2, 0) is 0 Å². The summed E-state index contributed by atoms with van der Waals surface area (Å²) in [5, 5.41) is 4.38. The summed E-state index contributed by atoms with van der Waals surface area (Å²) in [4.78, 5) is 4.38. The average Bonchev–Trinajstić information content (AvgIpc) is 2.60. The highest BCUT2D eigenvalue weighted by Crippen LogP contribution is 2.22. The Labute approximate surface area is 67.4 Å². The van der Waals surface area contributed by atoms with Crippen LogP contribution in [0.2, 0.25) is 0 Å². The van der Waals surface area contributed by atoms with Crippen LogP contribution in [0.15, 0.2) is 16.8 Å². The van der Waals surface area contributed by atoms with Crippen molar-refractivity contribution in [2.45, 2.75) is 25.7 Å². The number of hydrogen-bond donors (Lipinski definition) is 0. The van der Waals surface area contributed by atoms with Crippen LogP contribution < -0.4 is 0 Å². The summed E-state index contributed by atoms with van der Waals surface area (Å²) in [5.74, 6) is 0. The van der Waals surface area contributed by atoms with Crippen LogP contribution in [0.1, 0.15) is 25.7 Å². The molecule has 2 rings (SSSR count). The van der Waals surface area contributed by atoms with Gasteiger partial charge in [-0.2, -0.15) is 5.70 Å². The van der Waals surface area contributed by atoms with E-state index in [4.69, 9.17) is 0 Å². The number of rotatable bonds is 1. The first kappa shape index (κ1) is 6.89. The van der Waals surface area contributed by atoms with Gasteiger partial charge in [-0.1, -0.05) is 18.9 Å². The highest BCUT2D eigenvalue weighted by Gasteiger charge is 2.03. The predicted molar refractivity (Wildman–Crippen MR) is 47.1 cm³/mol. The Morgan fingerprint density at radius 1 is 1.27 bits per heavy atom. The van der Waals surface area contributed by atoms with Crippen molar-refractivity contribution in [3.8, 4) is 0 Å². The van der Waals surface area contributed by atoms with Crippen molar-refractivity contribution in [1.82, 2.24) is 0 Å². The van der Waals surface area contributed by atoms with Crippen LogP contribution >= 0.6 is 0 Å². The first-order valence-corrected chi connectivity index (χ1v) is 4.36. The Kier molecular flexibility index (Phi) is 1.93. The smallest absolute Gasteiger partial charge is 0.0396 e. The molecule has 1 saturated heterocycles. The van der Waals surface area contributed by atoms with E-state index >= 15 is 0 Å². The number of hydrogen-bond acceptors (Lipinski definition) is 1. The minimum Gasteiger partial charge on any atom is -0.688 e. The van der Waals surface area contributed by atoms with E-state index in [0.717, 1.165) is 13.1 Å². The Bertz CT molecular complexity index is 196. The van der Waals surface area contributed by atoms with Gasteiger partial charge in [0.15, 0.2) is 0 Å². The molecule has 2 aliphatic rings. The van der Waals surface area contributed by atoms with Gasteiger partial charge in [-0.3, -0.25) is 4.99 Å². The quantitative estimate of drug-likeness (QED) is 0.547. The fraction of sp³-hybridized carbons (Fsp3) is 0.667. The monoisotopic (exact) mass is 149 g/mol. The fourth-order valence-electron chi connectivity index (χ4n) is 1.55. The molecule has 0 unspecified atom stereocenters. The van der Waals surface area contributed by atoms with E-state index in [9.17, 15) is 0 Å². The summed E-state index contributed by atoms with van der Waals surface area (Å²) in [6, 6.07) is 0. The lowest BCUT2D eigenvalue weighted by Gasteiger charge is -2.12. The van der Waals surface area contributed by atoms with Crippen LogP contribution in [0.5, 0.6) is 0 Å². The Morgan fingerprint density at radius 2 is 2.27 bits per heavy atom. The summed E-state index contributed by atoms with van der Waals surface area (Å²) in [5.41, 5.74) is 2.54. The van der Waals surface area contributed by atoms with Gasteiger partial charge in [-0.15, -0.1) is 6.54 Å². The van der Waals surface area contributed by atoms with Crippen LogP contribution in [0.4, 0.5) is 0 Å². The Morgan fingerprint density at radius 3 is 2.91 bits per heavy atom. The topological polar surface area (TPSA) is 26.5 Å². The van der Waals surface area contributed by atoms with Crippen molar-refractivity contribution in [3.63, 3.8) is 0 Å². The Balaban J connectivity index is 2.00. The van der Waals surface area contributed by atoms with Gasteiger partial charge >= 0.3 is 0 Å². The third-order valence-electron chi connectivity index (χ3n) is 2.15. The van der Waals surface area contributed by atoms with Crippen molar-refractivity contribution in [2.24, 2.45) is 4.99 Å². The van der Waals surface area contributed by atoms with Crippen molar-refractivity contribution in [3.05, 3.63) is 17.1 Å². The van der Waals surface area contributed by atoms with Crippen LogP contribution in [0.3, 0.4) is 0 Å². The maximum Gasteiger partial charge on any atom is 0.0396 e. The molecule has 2 heterocycles. The lowest BCUT2D eigenvalue weighted by molar-refractivity contribution is 0.951. The Hall–Kier alpha value is -0.790. The van der Waals surface area contributed by atoms with E-state index in [1.165, 1.54) is 37.1 Å². The zero-order valence-electron chi connectivity index (χ0n) is 6.71. The molecule has 2 aliphatic heterocycles. The summed E-state index contributed by atoms with van der Waals surface area (Å²) in [6.07, 6.45) is 6.98. The van der Waals surface area contributed by atoms with E-state index in [2.05, 4.69) is 16.4 Å². The summed E-state index contributed by atoms with van der Waals surface area (Å²) in [6.45, 7) is 2.05. The van der Waals surface area contributed by atoms with Crippen molar-refractivity contribution in [1.29, 1.82) is 0 Å². The van der Waals surface area contributed by atoms with Gasteiger partial charge in [0, 0.05) is 12.3 Å². The first-order valence-electron chi connectivity index (χ1n) is 4.36. The van der Waals surface area contributed by atoms with Gasteiger partial charge in [0.2, 0.25) is 0 Å². The molecule has 0 bridgehead atoms. The van der Waals surface area contributed by atoms with Gasteiger partial charge < -0.3 is 5.32 Å². The first-order chi connectivity index (χ1) is 5.45. The lowest BCUT2D eigenvalue weighted by atomic mass is 10.2.